The van der Waals surface area contributed by atoms with Crippen LogP contribution in [0.2, 0.25) is 0 Å². The molecular weight excluding hydrogens is 265 g/mol. The number of pyridine rings is 1. The van der Waals surface area contributed by atoms with Gasteiger partial charge in [-0.2, -0.15) is 5.10 Å². The lowest BCUT2D eigenvalue weighted by Crippen LogP contribution is -1.97. The molecule has 0 aliphatic carbocycles. The Hall–Kier alpha value is -0.910. The summed E-state index contributed by atoms with van der Waals surface area (Å²) in [6.07, 6.45) is 7.23. The Morgan fingerprint density at radius 1 is 1.33 bits per heavy atom. The lowest BCUT2D eigenvalue weighted by molar-refractivity contribution is 0.868. The molecule has 0 spiro atoms. The maximum Gasteiger partial charge on any atom is 0.0961 e. The highest BCUT2D eigenvalue weighted by Gasteiger charge is 1.99. The molecule has 0 N–H and O–H groups in total. The molecule has 0 aromatic carbocycles. The van der Waals surface area contributed by atoms with Crippen molar-refractivity contribution in [2.45, 2.75) is 0 Å². The summed E-state index contributed by atoms with van der Waals surface area (Å²) in [5.74, 6) is 0. The highest BCUT2D eigenvalue weighted by molar-refractivity contribution is 14.1. The summed E-state index contributed by atoms with van der Waals surface area (Å²) in [7, 11) is 0. The van der Waals surface area contributed by atoms with Gasteiger partial charge in [-0.15, -0.1) is 0 Å². The van der Waals surface area contributed by atoms with Gasteiger partial charge in [-0.05, 0) is 34.7 Å². The van der Waals surface area contributed by atoms with Crippen LogP contribution in [0.25, 0.3) is 5.69 Å². The summed E-state index contributed by atoms with van der Waals surface area (Å²) in [5.41, 5.74) is 1.02. The smallest absolute Gasteiger partial charge is 0.0961 e. The largest absolute Gasteiger partial charge is 0.262 e. The molecule has 12 heavy (non-hydrogen) atoms. The van der Waals surface area contributed by atoms with Crippen LogP contribution in [0.1, 0.15) is 0 Å². The van der Waals surface area contributed by atoms with Gasteiger partial charge in [0.2, 0.25) is 0 Å². The van der Waals surface area contributed by atoms with E-state index in [1.165, 1.54) is 0 Å². The lowest BCUT2D eigenvalue weighted by atomic mass is 10.4. The van der Waals surface area contributed by atoms with E-state index in [1.54, 1.807) is 23.3 Å². The predicted molar refractivity (Wildman–Crippen MR) is 54.1 cm³/mol. The fraction of sp³-hybridized carbons (Fsp3) is 0. The molecule has 0 bridgehead atoms. The van der Waals surface area contributed by atoms with E-state index >= 15 is 0 Å². The fourth-order valence-electron chi connectivity index (χ4n) is 0.949. The molecule has 0 saturated carbocycles. The standard InChI is InChI=1S/C8H6IN3/c9-7-2-4-10-6-8(7)12-5-1-3-11-12/h1-6H. The van der Waals surface area contributed by atoms with Crippen molar-refractivity contribution in [3.05, 3.63) is 40.5 Å². The van der Waals surface area contributed by atoms with E-state index < -0.39 is 0 Å². The van der Waals surface area contributed by atoms with Crippen LogP contribution in [0.5, 0.6) is 0 Å². The number of rotatable bonds is 1. The quantitative estimate of drug-likeness (QED) is 0.741. The minimum atomic E-state index is 1.02. The molecule has 0 aliphatic heterocycles. The van der Waals surface area contributed by atoms with Gasteiger partial charge in [-0.1, -0.05) is 0 Å². The Kier molecular flexibility index (Phi) is 2.07. The Morgan fingerprint density at radius 2 is 2.25 bits per heavy atom. The molecule has 2 rings (SSSR count). The fourth-order valence-corrected chi connectivity index (χ4v) is 1.50. The molecule has 3 nitrogen and oxygen atoms in total. The van der Waals surface area contributed by atoms with Crippen LogP contribution < -0.4 is 0 Å². The predicted octanol–water partition coefficient (Wildman–Crippen LogP) is 1.87. The monoisotopic (exact) mass is 271 g/mol. The molecule has 0 saturated heterocycles. The molecule has 0 unspecified atom stereocenters. The summed E-state index contributed by atoms with van der Waals surface area (Å²) in [6, 6.07) is 3.85. The number of aromatic nitrogens is 3. The maximum absolute atomic E-state index is 4.12. The van der Waals surface area contributed by atoms with Crippen LogP contribution >= 0.6 is 22.6 Å². The summed E-state index contributed by atoms with van der Waals surface area (Å²) < 4.78 is 2.95. The van der Waals surface area contributed by atoms with E-state index in [1.807, 2.05) is 18.3 Å². The zero-order valence-corrected chi connectivity index (χ0v) is 8.34. The number of nitrogens with zero attached hydrogens (tertiary/aromatic N) is 3. The maximum atomic E-state index is 4.12. The van der Waals surface area contributed by atoms with Gasteiger partial charge in [0.15, 0.2) is 0 Å². The number of halogens is 1. The topological polar surface area (TPSA) is 30.7 Å². The molecule has 0 amide bonds. The first-order valence-corrected chi connectivity index (χ1v) is 4.55. The molecule has 0 fully saturated rings. The number of hydrogen-bond donors (Lipinski definition) is 0. The normalized spacial score (nSPS) is 10.1. The van der Waals surface area contributed by atoms with Gasteiger partial charge in [0.05, 0.1) is 11.9 Å². The molecule has 4 heteroatoms. The Bertz CT molecular complexity index is 370. The van der Waals surface area contributed by atoms with Crippen molar-refractivity contribution in [2.75, 3.05) is 0 Å². The zero-order chi connectivity index (χ0) is 8.39. The van der Waals surface area contributed by atoms with E-state index in [4.69, 9.17) is 0 Å². The van der Waals surface area contributed by atoms with E-state index in [2.05, 4.69) is 32.7 Å². The van der Waals surface area contributed by atoms with E-state index in [-0.39, 0.29) is 0 Å². The van der Waals surface area contributed by atoms with Crippen molar-refractivity contribution in [3.63, 3.8) is 0 Å². The van der Waals surface area contributed by atoms with Crippen LogP contribution in [0, 0.1) is 3.57 Å². The van der Waals surface area contributed by atoms with Crippen LogP contribution in [-0.4, -0.2) is 14.8 Å². The van der Waals surface area contributed by atoms with Gasteiger partial charge in [-0.3, -0.25) is 4.98 Å². The highest BCUT2D eigenvalue weighted by Crippen LogP contribution is 2.13. The molecule has 60 valence electrons. The van der Waals surface area contributed by atoms with Crippen molar-refractivity contribution in [3.8, 4) is 5.69 Å². The Balaban J connectivity index is 2.55. The highest BCUT2D eigenvalue weighted by atomic mass is 127. The molecule has 0 radical (unpaired) electrons. The van der Waals surface area contributed by atoms with Crippen LogP contribution in [-0.2, 0) is 0 Å². The summed E-state index contributed by atoms with van der Waals surface area (Å²) in [6.45, 7) is 0. The second-order valence-electron chi connectivity index (χ2n) is 2.28. The average molecular weight is 271 g/mol. The third-order valence-corrected chi connectivity index (χ3v) is 2.41. The van der Waals surface area contributed by atoms with Crippen LogP contribution in [0.4, 0.5) is 0 Å². The van der Waals surface area contributed by atoms with Crippen molar-refractivity contribution < 1.29 is 0 Å². The molecule has 0 aliphatic rings. The lowest BCUT2D eigenvalue weighted by Gasteiger charge is -2.01. The second-order valence-corrected chi connectivity index (χ2v) is 3.44. The van der Waals surface area contributed by atoms with Gasteiger partial charge >= 0.3 is 0 Å². The van der Waals surface area contributed by atoms with Crippen LogP contribution in [0.15, 0.2) is 36.9 Å². The van der Waals surface area contributed by atoms with Crippen molar-refractivity contribution in [1.29, 1.82) is 0 Å². The number of hydrogen-bond acceptors (Lipinski definition) is 2. The zero-order valence-electron chi connectivity index (χ0n) is 6.18. The Labute approximate surface area is 83.6 Å². The van der Waals surface area contributed by atoms with Gasteiger partial charge in [-0.25, -0.2) is 4.68 Å². The average Bonchev–Trinajstić information content (AvgIpc) is 2.57. The minimum Gasteiger partial charge on any atom is -0.262 e. The van der Waals surface area contributed by atoms with Gasteiger partial charge in [0, 0.05) is 22.2 Å². The minimum absolute atomic E-state index is 1.02. The third kappa shape index (κ3) is 1.34. The third-order valence-electron chi connectivity index (χ3n) is 1.50. The Morgan fingerprint density at radius 3 is 2.92 bits per heavy atom. The first-order chi connectivity index (χ1) is 5.88. The molecule has 2 aromatic rings. The summed E-state index contributed by atoms with van der Waals surface area (Å²) in [5, 5.41) is 4.12. The second kappa shape index (κ2) is 3.22. The van der Waals surface area contributed by atoms with Crippen molar-refractivity contribution in [1.82, 2.24) is 14.8 Å². The van der Waals surface area contributed by atoms with E-state index in [9.17, 15) is 0 Å². The van der Waals surface area contributed by atoms with Gasteiger partial charge in [0.1, 0.15) is 0 Å². The molecular formula is C8H6IN3. The molecule has 2 heterocycles. The van der Waals surface area contributed by atoms with Crippen molar-refractivity contribution >= 4 is 22.6 Å². The first-order valence-electron chi connectivity index (χ1n) is 3.47. The van der Waals surface area contributed by atoms with E-state index in [0.717, 1.165) is 9.26 Å². The van der Waals surface area contributed by atoms with Gasteiger partial charge < -0.3 is 0 Å². The summed E-state index contributed by atoms with van der Waals surface area (Å²) >= 11 is 2.26. The van der Waals surface area contributed by atoms with Gasteiger partial charge in [0.25, 0.3) is 0 Å². The first kappa shape index (κ1) is 7.72. The van der Waals surface area contributed by atoms with Crippen molar-refractivity contribution in [2.24, 2.45) is 0 Å². The van der Waals surface area contributed by atoms with E-state index in [0.29, 0.717) is 0 Å². The SMILES string of the molecule is Ic1ccncc1-n1cccn1. The summed E-state index contributed by atoms with van der Waals surface area (Å²) in [4.78, 5) is 4.04. The van der Waals surface area contributed by atoms with Crippen LogP contribution in [0.3, 0.4) is 0 Å². The molecule has 2 aromatic heterocycles. The molecule has 0 atom stereocenters.